The number of rotatable bonds is 8. The normalized spacial score (nSPS) is 13.2. The Morgan fingerprint density at radius 2 is 1.58 bits per heavy atom. The SMILES string of the molecule is CCOC(=O)c1ccc(N2CCN(C(=O)c3ccc(OCc4ccccc4)cc3)CC2)c([N+](=O)[O-])c1. The smallest absolute Gasteiger partial charge is 0.338 e. The molecule has 1 amide bonds. The summed E-state index contributed by atoms with van der Waals surface area (Å²) in [5.74, 6) is -0.0192. The molecule has 186 valence electrons. The van der Waals surface area contributed by atoms with Gasteiger partial charge >= 0.3 is 5.97 Å². The Morgan fingerprint density at radius 3 is 2.22 bits per heavy atom. The standard InChI is InChI=1S/C27H27N3O6/c1-2-35-27(32)22-10-13-24(25(18-22)30(33)34)28-14-16-29(17-15-28)26(31)21-8-11-23(12-9-21)36-19-20-6-4-3-5-7-20/h3-13,18H,2,14-17,19H2,1H3. The van der Waals surface area contributed by atoms with Crippen molar-refractivity contribution in [3.63, 3.8) is 0 Å². The summed E-state index contributed by atoms with van der Waals surface area (Å²) in [6, 6.07) is 21.2. The summed E-state index contributed by atoms with van der Waals surface area (Å²) in [5.41, 5.74) is 2.01. The zero-order chi connectivity index (χ0) is 25.5. The molecule has 0 spiro atoms. The largest absolute Gasteiger partial charge is 0.489 e. The number of esters is 1. The van der Waals surface area contributed by atoms with Gasteiger partial charge in [0.1, 0.15) is 18.0 Å². The second-order valence-electron chi connectivity index (χ2n) is 8.26. The minimum atomic E-state index is -0.598. The van der Waals surface area contributed by atoms with Crippen molar-refractivity contribution in [2.75, 3.05) is 37.7 Å². The molecule has 9 nitrogen and oxygen atoms in total. The van der Waals surface area contributed by atoms with E-state index in [0.717, 1.165) is 5.56 Å². The predicted molar refractivity (Wildman–Crippen MR) is 134 cm³/mol. The molecule has 3 aromatic rings. The fourth-order valence-electron chi connectivity index (χ4n) is 4.05. The van der Waals surface area contributed by atoms with Gasteiger partial charge in [0.25, 0.3) is 11.6 Å². The molecule has 0 aliphatic carbocycles. The van der Waals surface area contributed by atoms with E-state index in [9.17, 15) is 19.7 Å². The molecule has 0 unspecified atom stereocenters. The highest BCUT2D eigenvalue weighted by Crippen LogP contribution is 2.30. The van der Waals surface area contributed by atoms with Gasteiger partial charge in [0.15, 0.2) is 0 Å². The molecule has 0 atom stereocenters. The van der Waals surface area contributed by atoms with Crippen molar-refractivity contribution in [2.45, 2.75) is 13.5 Å². The summed E-state index contributed by atoms with van der Waals surface area (Å²) in [5, 5.41) is 11.7. The number of ether oxygens (including phenoxy) is 2. The molecule has 4 rings (SSSR count). The summed E-state index contributed by atoms with van der Waals surface area (Å²) in [4.78, 5) is 39.7. The van der Waals surface area contributed by atoms with Gasteiger partial charge in [-0.1, -0.05) is 30.3 Å². The van der Waals surface area contributed by atoms with Crippen LogP contribution in [0.25, 0.3) is 0 Å². The molecule has 1 fully saturated rings. The zero-order valence-corrected chi connectivity index (χ0v) is 20.0. The number of carbonyl (C=O) groups excluding carboxylic acids is 2. The summed E-state index contributed by atoms with van der Waals surface area (Å²) in [7, 11) is 0. The number of piperazine rings is 1. The van der Waals surface area contributed by atoms with E-state index in [2.05, 4.69) is 0 Å². The summed E-state index contributed by atoms with van der Waals surface area (Å²) in [6.45, 7) is 4.02. The number of nitrogens with zero attached hydrogens (tertiary/aromatic N) is 3. The lowest BCUT2D eigenvalue weighted by Gasteiger charge is -2.36. The van der Waals surface area contributed by atoms with Gasteiger partial charge in [-0.05, 0) is 48.9 Å². The van der Waals surface area contributed by atoms with Crippen molar-refractivity contribution in [1.82, 2.24) is 4.90 Å². The number of amides is 1. The van der Waals surface area contributed by atoms with Gasteiger partial charge in [-0.2, -0.15) is 0 Å². The molecule has 1 saturated heterocycles. The van der Waals surface area contributed by atoms with Crippen LogP contribution in [0.2, 0.25) is 0 Å². The van der Waals surface area contributed by atoms with Crippen LogP contribution in [0.15, 0.2) is 72.8 Å². The minimum absolute atomic E-state index is 0.101. The van der Waals surface area contributed by atoms with Crippen LogP contribution >= 0.6 is 0 Å². The van der Waals surface area contributed by atoms with Crippen LogP contribution in [0.4, 0.5) is 11.4 Å². The molecule has 36 heavy (non-hydrogen) atoms. The molecule has 0 bridgehead atoms. The molecular formula is C27H27N3O6. The van der Waals surface area contributed by atoms with E-state index in [0.29, 0.717) is 49.8 Å². The van der Waals surface area contributed by atoms with Gasteiger partial charge in [0.2, 0.25) is 0 Å². The molecule has 9 heteroatoms. The van der Waals surface area contributed by atoms with Gasteiger partial charge < -0.3 is 19.3 Å². The van der Waals surface area contributed by atoms with Crippen molar-refractivity contribution < 1.29 is 24.0 Å². The highest BCUT2D eigenvalue weighted by atomic mass is 16.6. The number of hydrogen-bond acceptors (Lipinski definition) is 7. The third-order valence-corrected chi connectivity index (χ3v) is 5.94. The van der Waals surface area contributed by atoms with Gasteiger partial charge in [-0.3, -0.25) is 14.9 Å². The topological polar surface area (TPSA) is 102 Å². The lowest BCUT2D eigenvalue weighted by molar-refractivity contribution is -0.384. The van der Waals surface area contributed by atoms with Crippen LogP contribution in [0, 0.1) is 10.1 Å². The monoisotopic (exact) mass is 489 g/mol. The first-order valence-corrected chi connectivity index (χ1v) is 11.7. The lowest BCUT2D eigenvalue weighted by atomic mass is 10.1. The number of hydrogen-bond donors (Lipinski definition) is 0. The van der Waals surface area contributed by atoms with E-state index in [-0.39, 0.29) is 23.8 Å². The van der Waals surface area contributed by atoms with Gasteiger partial charge in [0.05, 0.1) is 17.1 Å². The second kappa shape index (κ2) is 11.4. The molecule has 0 saturated carbocycles. The maximum Gasteiger partial charge on any atom is 0.338 e. The van der Waals surface area contributed by atoms with E-state index in [4.69, 9.17) is 9.47 Å². The van der Waals surface area contributed by atoms with E-state index < -0.39 is 10.9 Å². The first-order chi connectivity index (χ1) is 17.5. The zero-order valence-electron chi connectivity index (χ0n) is 20.0. The molecule has 1 aliphatic rings. The Kier molecular flexibility index (Phi) is 7.79. The maximum atomic E-state index is 13.0. The van der Waals surface area contributed by atoms with Crippen molar-refractivity contribution in [3.8, 4) is 5.75 Å². The van der Waals surface area contributed by atoms with Crippen molar-refractivity contribution in [3.05, 3.63) is 99.6 Å². The molecular weight excluding hydrogens is 462 g/mol. The quantitative estimate of drug-likeness (QED) is 0.264. The van der Waals surface area contributed by atoms with Crippen LogP contribution in [0.5, 0.6) is 5.75 Å². The first-order valence-electron chi connectivity index (χ1n) is 11.7. The third-order valence-electron chi connectivity index (χ3n) is 5.94. The number of nitro benzene ring substituents is 1. The fraction of sp³-hybridized carbons (Fsp3) is 0.259. The second-order valence-corrected chi connectivity index (χ2v) is 8.26. The van der Waals surface area contributed by atoms with Crippen LogP contribution in [-0.4, -0.2) is 54.5 Å². The number of benzene rings is 3. The molecule has 1 aliphatic heterocycles. The van der Waals surface area contributed by atoms with E-state index in [1.54, 1.807) is 42.2 Å². The third kappa shape index (κ3) is 5.80. The fourth-order valence-corrected chi connectivity index (χ4v) is 4.05. The highest BCUT2D eigenvalue weighted by molar-refractivity contribution is 5.94. The average Bonchev–Trinajstić information content (AvgIpc) is 2.92. The molecule has 0 radical (unpaired) electrons. The Labute approximate surface area is 209 Å². The van der Waals surface area contributed by atoms with E-state index in [1.807, 2.05) is 35.2 Å². The molecule has 3 aromatic carbocycles. The van der Waals surface area contributed by atoms with E-state index >= 15 is 0 Å². The minimum Gasteiger partial charge on any atom is -0.489 e. The number of anilines is 1. The van der Waals surface area contributed by atoms with Gasteiger partial charge in [-0.25, -0.2) is 4.79 Å². The van der Waals surface area contributed by atoms with Crippen LogP contribution in [0.1, 0.15) is 33.2 Å². The Bertz CT molecular complexity index is 1220. The van der Waals surface area contributed by atoms with Crippen molar-refractivity contribution in [1.29, 1.82) is 0 Å². The van der Waals surface area contributed by atoms with Crippen LogP contribution < -0.4 is 9.64 Å². The summed E-state index contributed by atoms with van der Waals surface area (Å²) >= 11 is 0. The Morgan fingerprint density at radius 1 is 0.917 bits per heavy atom. The van der Waals surface area contributed by atoms with Crippen LogP contribution in [-0.2, 0) is 11.3 Å². The number of nitro groups is 1. The first kappa shape index (κ1) is 24.7. The van der Waals surface area contributed by atoms with Crippen molar-refractivity contribution in [2.24, 2.45) is 0 Å². The number of carbonyl (C=O) groups is 2. The average molecular weight is 490 g/mol. The maximum absolute atomic E-state index is 13.0. The Balaban J connectivity index is 1.36. The van der Waals surface area contributed by atoms with E-state index in [1.165, 1.54) is 12.1 Å². The van der Waals surface area contributed by atoms with Gasteiger partial charge in [-0.15, -0.1) is 0 Å². The molecule has 0 aromatic heterocycles. The summed E-state index contributed by atoms with van der Waals surface area (Å²) < 4.78 is 10.7. The highest BCUT2D eigenvalue weighted by Gasteiger charge is 2.27. The summed E-state index contributed by atoms with van der Waals surface area (Å²) in [6.07, 6.45) is 0. The molecule has 1 heterocycles. The Hall–Kier alpha value is -4.40. The van der Waals surface area contributed by atoms with Crippen LogP contribution in [0.3, 0.4) is 0 Å². The molecule has 0 N–H and O–H groups in total. The predicted octanol–water partition coefficient (Wildman–Crippen LogP) is 4.31. The van der Waals surface area contributed by atoms with Gasteiger partial charge in [0, 0.05) is 37.8 Å². The lowest BCUT2D eigenvalue weighted by Crippen LogP contribution is -2.49. The van der Waals surface area contributed by atoms with Crippen molar-refractivity contribution >= 4 is 23.3 Å².